The van der Waals surface area contributed by atoms with Gasteiger partial charge in [-0.2, -0.15) is 10.1 Å². The molecule has 0 bridgehead atoms. The quantitative estimate of drug-likeness (QED) is 0.395. The molecule has 124 valence electrons. The van der Waals surface area contributed by atoms with Crippen LogP contribution in [0.3, 0.4) is 0 Å². The summed E-state index contributed by atoms with van der Waals surface area (Å²) in [5, 5.41) is 23.4. The van der Waals surface area contributed by atoms with Crippen molar-refractivity contribution in [2.75, 3.05) is 5.43 Å². The number of benzene rings is 2. The van der Waals surface area contributed by atoms with Gasteiger partial charge in [0.15, 0.2) is 5.65 Å². The second-order valence-electron chi connectivity index (χ2n) is 5.83. The number of para-hydroxylation sites is 1. The molecule has 0 unspecified atom stereocenters. The van der Waals surface area contributed by atoms with Crippen molar-refractivity contribution in [1.29, 1.82) is 0 Å². The van der Waals surface area contributed by atoms with Crippen molar-refractivity contribution in [3.05, 3.63) is 53.6 Å². The van der Waals surface area contributed by atoms with Crippen molar-refractivity contribution in [3.8, 4) is 5.75 Å². The summed E-state index contributed by atoms with van der Waals surface area (Å²) in [4.78, 5) is 7.65. The van der Waals surface area contributed by atoms with Gasteiger partial charge in [0.05, 0.1) is 5.71 Å². The predicted octanol–water partition coefficient (Wildman–Crippen LogP) is 3.36. The van der Waals surface area contributed by atoms with E-state index < -0.39 is 0 Å². The molecule has 2 aromatic carbocycles. The summed E-state index contributed by atoms with van der Waals surface area (Å²) in [5.41, 5.74) is 7.55. The number of aromatic amines is 1. The number of hydrogen-bond acceptors (Lipinski definition) is 6. The van der Waals surface area contributed by atoms with E-state index in [1.165, 1.54) is 0 Å². The van der Waals surface area contributed by atoms with Gasteiger partial charge in [-0.25, -0.2) is 5.43 Å². The van der Waals surface area contributed by atoms with Crippen LogP contribution in [0.2, 0.25) is 0 Å². The molecule has 4 aromatic rings. The fourth-order valence-corrected chi connectivity index (χ4v) is 2.71. The van der Waals surface area contributed by atoms with Crippen molar-refractivity contribution in [2.24, 2.45) is 5.10 Å². The normalized spacial score (nSPS) is 12.0. The van der Waals surface area contributed by atoms with E-state index in [1.54, 1.807) is 25.1 Å². The summed E-state index contributed by atoms with van der Waals surface area (Å²) >= 11 is 0. The van der Waals surface area contributed by atoms with E-state index >= 15 is 0 Å². The molecule has 0 fully saturated rings. The number of aromatic hydroxyl groups is 1. The van der Waals surface area contributed by atoms with Gasteiger partial charge >= 0.3 is 0 Å². The van der Waals surface area contributed by atoms with Crippen molar-refractivity contribution in [1.82, 2.24) is 20.2 Å². The number of phenols is 1. The second kappa shape index (κ2) is 5.86. The smallest absolute Gasteiger partial charge is 0.265 e. The van der Waals surface area contributed by atoms with Crippen LogP contribution in [-0.2, 0) is 0 Å². The van der Waals surface area contributed by atoms with Crippen LogP contribution in [0.4, 0.5) is 5.95 Å². The number of phenolic OH excluding ortho intramolecular Hbond substituents is 1. The Balaban J connectivity index is 1.67. The number of fused-ring (bicyclic) bond motifs is 3. The maximum Gasteiger partial charge on any atom is 0.265 e. The van der Waals surface area contributed by atoms with E-state index in [0.717, 1.165) is 22.0 Å². The molecule has 0 spiro atoms. The van der Waals surface area contributed by atoms with Crippen LogP contribution in [0.25, 0.3) is 22.1 Å². The molecule has 0 aliphatic rings. The number of anilines is 1. The molecular weight excluding hydrogens is 316 g/mol. The van der Waals surface area contributed by atoms with Crippen LogP contribution in [-0.4, -0.2) is 31.0 Å². The third-order valence-electron chi connectivity index (χ3n) is 3.99. The van der Waals surface area contributed by atoms with E-state index in [9.17, 15) is 5.11 Å². The molecule has 4 rings (SSSR count). The molecule has 2 heterocycles. The first-order valence-electron chi connectivity index (χ1n) is 7.83. The van der Waals surface area contributed by atoms with Gasteiger partial charge in [0.2, 0.25) is 0 Å². The number of rotatable bonds is 3. The Morgan fingerprint density at radius 1 is 1.16 bits per heavy atom. The Morgan fingerprint density at radius 3 is 2.84 bits per heavy atom. The third kappa shape index (κ3) is 2.76. The topological polar surface area (TPSA) is 99.1 Å². The van der Waals surface area contributed by atoms with Crippen molar-refractivity contribution in [3.63, 3.8) is 0 Å². The highest BCUT2D eigenvalue weighted by atomic mass is 16.3. The van der Waals surface area contributed by atoms with Gasteiger partial charge in [-0.3, -0.25) is 0 Å². The van der Waals surface area contributed by atoms with E-state index in [-0.39, 0.29) is 11.7 Å². The highest BCUT2D eigenvalue weighted by molar-refractivity contribution is 6.03. The van der Waals surface area contributed by atoms with Crippen LogP contribution >= 0.6 is 0 Å². The molecule has 0 amide bonds. The van der Waals surface area contributed by atoms with Crippen LogP contribution < -0.4 is 5.43 Å². The van der Waals surface area contributed by atoms with Gasteiger partial charge in [0, 0.05) is 16.5 Å². The lowest BCUT2D eigenvalue weighted by Gasteiger charge is -2.04. The minimum Gasteiger partial charge on any atom is -0.507 e. The maximum absolute atomic E-state index is 9.87. The van der Waals surface area contributed by atoms with Gasteiger partial charge in [-0.15, -0.1) is 10.2 Å². The highest BCUT2D eigenvalue weighted by Crippen LogP contribution is 2.23. The van der Waals surface area contributed by atoms with Gasteiger partial charge in [-0.05, 0) is 38.1 Å². The number of aryl methyl sites for hydroxylation is 1. The molecule has 0 saturated heterocycles. The lowest BCUT2D eigenvalue weighted by Crippen LogP contribution is -2.03. The molecule has 0 aliphatic heterocycles. The zero-order valence-corrected chi connectivity index (χ0v) is 13.8. The Kier molecular flexibility index (Phi) is 3.53. The van der Waals surface area contributed by atoms with E-state index in [1.807, 2.05) is 25.1 Å². The zero-order chi connectivity index (χ0) is 17.4. The summed E-state index contributed by atoms with van der Waals surface area (Å²) < 4.78 is 0. The number of hydrazone groups is 1. The molecular formula is C18H16N6O. The number of nitrogens with zero attached hydrogens (tertiary/aromatic N) is 4. The molecule has 7 heteroatoms. The van der Waals surface area contributed by atoms with E-state index in [2.05, 4.69) is 36.8 Å². The average Bonchev–Trinajstić information content (AvgIpc) is 2.97. The summed E-state index contributed by atoms with van der Waals surface area (Å²) in [6, 6.07) is 13.1. The molecule has 2 aromatic heterocycles. The fourth-order valence-electron chi connectivity index (χ4n) is 2.71. The Morgan fingerprint density at radius 2 is 2.00 bits per heavy atom. The van der Waals surface area contributed by atoms with Gasteiger partial charge in [0.25, 0.3) is 5.95 Å². The lowest BCUT2D eigenvalue weighted by atomic mass is 10.1. The Bertz CT molecular complexity index is 1120. The molecule has 3 N–H and O–H groups in total. The monoisotopic (exact) mass is 332 g/mol. The fraction of sp³-hybridized carbons (Fsp3) is 0.111. The molecule has 0 radical (unpaired) electrons. The predicted molar refractivity (Wildman–Crippen MR) is 97.9 cm³/mol. The Hall–Kier alpha value is -3.48. The van der Waals surface area contributed by atoms with Crippen molar-refractivity contribution < 1.29 is 5.11 Å². The summed E-state index contributed by atoms with van der Waals surface area (Å²) in [7, 11) is 0. The van der Waals surface area contributed by atoms with Gasteiger partial charge < -0.3 is 10.1 Å². The standard InChI is InChI=1S/C18H16N6O/c1-10-7-8-14-13(9-10)16-17(19-14)20-18(24-22-16)23-21-11(2)12-5-3-4-6-15(12)25/h3-9,25H,1-2H3,(H2,19,20,23,24)/b21-11+. The number of H-pyrrole nitrogens is 1. The highest BCUT2D eigenvalue weighted by Gasteiger charge is 2.09. The summed E-state index contributed by atoms with van der Waals surface area (Å²) in [6.07, 6.45) is 0. The van der Waals surface area contributed by atoms with Crippen LogP contribution in [0.5, 0.6) is 5.75 Å². The minimum atomic E-state index is 0.172. The van der Waals surface area contributed by atoms with Crippen LogP contribution in [0.15, 0.2) is 47.6 Å². The first-order valence-corrected chi connectivity index (χ1v) is 7.83. The number of nitrogens with one attached hydrogen (secondary N) is 2. The van der Waals surface area contributed by atoms with Crippen molar-refractivity contribution >= 4 is 33.7 Å². The SMILES string of the molecule is C/C(=N\Nc1nnc2c(n1)[nH]c1ccc(C)cc12)c1ccccc1O. The van der Waals surface area contributed by atoms with Gasteiger partial charge in [-0.1, -0.05) is 23.8 Å². The number of hydrogen-bond donors (Lipinski definition) is 3. The van der Waals surface area contributed by atoms with Crippen LogP contribution in [0, 0.1) is 6.92 Å². The van der Waals surface area contributed by atoms with E-state index in [4.69, 9.17) is 0 Å². The average molecular weight is 332 g/mol. The molecule has 0 saturated carbocycles. The molecule has 0 aliphatic carbocycles. The summed E-state index contributed by atoms with van der Waals surface area (Å²) in [6.45, 7) is 3.82. The molecule has 7 nitrogen and oxygen atoms in total. The molecule has 25 heavy (non-hydrogen) atoms. The zero-order valence-electron chi connectivity index (χ0n) is 13.8. The minimum absolute atomic E-state index is 0.172. The van der Waals surface area contributed by atoms with E-state index in [0.29, 0.717) is 16.9 Å². The first-order chi connectivity index (χ1) is 12.1. The third-order valence-corrected chi connectivity index (χ3v) is 3.99. The largest absolute Gasteiger partial charge is 0.507 e. The number of aromatic nitrogens is 4. The van der Waals surface area contributed by atoms with Crippen molar-refractivity contribution in [2.45, 2.75) is 13.8 Å². The lowest BCUT2D eigenvalue weighted by molar-refractivity contribution is 0.474. The Labute approximate surface area is 143 Å². The first kappa shape index (κ1) is 15.1. The second-order valence-corrected chi connectivity index (χ2v) is 5.83. The molecule has 0 atom stereocenters. The van der Waals surface area contributed by atoms with Gasteiger partial charge in [0.1, 0.15) is 11.3 Å². The summed E-state index contributed by atoms with van der Waals surface area (Å²) in [5.74, 6) is 0.455. The van der Waals surface area contributed by atoms with Crippen LogP contribution in [0.1, 0.15) is 18.1 Å². The maximum atomic E-state index is 9.87.